The number of nitrogens with one attached hydrogen (secondary N) is 1. The summed E-state index contributed by atoms with van der Waals surface area (Å²) in [5, 5.41) is 3.32. The normalized spacial score (nSPS) is 11.1. The van der Waals surface area contributed by atoms with E-state index in [1.165, 1.54) is 0 Å². The number of carbonyl (C=O) groups is 1. The quantitative estimate of drug-likeness (QED) is 0.672. The van der Waals surface area contributed by atoms with Crippen molar-refractivity contribution in [1.82, 2.24) is 4.90 Å². The Kier molecular flexibility index (Phi) is 7.46. The van der Waals surface area contributed by atoms with Crippen LogP contribution < -0.4 is 9.50 Å². The Labute approximate surface area is 164 Å². The number of nitrogens with zero attached hydrogens (tertiary/aromatic N) is 1. The molecule has 146 valence electrons. The van der Waals surface area contributed by atoms with Crippen molar-refractivity contribution < 1.29 is 22.1 Å². The Bertz CT molecular complexity index is 872. The molecule has 0 bridgehead atoms. The average molecular weight is 413 g/mol. The number of benzene rings is 2. The van der Waals surface area contributed by atoms with Crippen molar-refractivity contribution in [3.8, 4) is 5.75 Å². The zero-order chi connectivity index (χ0) is 19.9. The van der Waals surface area contributed by atoms with Crippen molar-refractivity contribution >= 4 is 33.4 Å². The lowest BCUT2D eigenvalue weighted by Crippen LogP contribution is -2.36. The molecule has 2 amide bonds. The average Bonchev–Trinajstić information content (AvgIpc) is 2.58. The molecule has 0 radical (unpaired) electrons. The van der Waals surface area contributed by atoms with Crippen LogP contribution in [-0.2, 0) is 21.4 Å². The number of hydrogen-bond acceptors (Lipinski definition) is 5. The van der Waals surface area contributed by atoms with E-state index >= 15 is 0 Å². The van der Waals surface area contributed by atoms with Crippen LogP contribution in [0, 0.1) is 0 Å². The lowest BCUT2D eigenvalue weighted by molar-refractivity contribution is 0.153. The van der Waals surface area contributed by atoms with Crippen LogP contribution >= 0.6 is 11.6 Å². The first-order valence-corrected chi connectivity index (χ1v) is 10.2. The van der Waals surface area contributed by atoms with Gasteiger partial charge in [-0.1, -0.05) is 29.8 Å². The molecule has 0 aliphatic heterocycles. The first kappa shape index (κ1) is 21.0. The first-order valence-electron chi connectivity index (χ1n) is 8.05. The maximum absolute atomic E-state index is 12.6. The highest BCUT2D eigenvalue weighted by atomic mass is 35.5. The Morgan fingerprint density at radius 2 is 1.89 bits per heavy atom. The van der Waals surface area contributed by atoms with Crippen LogP contribution in [0.5, 0.6) is 5.75 Å². The minimum atomic E-state index is -3.58. The minimum absolute atomic E-state index is 0.216. The van der Waals surface area contributed by atoms with Crippen molar-refractivity contribution in [2.24, 2.45) is 0 Å². The smallest absolute Gasteiger partial charge is 0.322 e. The van der Waals surface area contributed by atoms with Gasteiger partial charge in [-0.3, -0.25) is 0 Å². The fourth-order valence-electron chi connectivity index (χ4n) is 2.27. The fraction of sp³-hybridized carbons (Fsp3) is 0.278. The third-order valence-electron chi connectivity index (χ3n) is 3.47. The van der Waals surface area contributed by atoms with E-state index in [4.69, 9.17) is 20.5 Å². The summed E-state index contributed by atoms with van der Waals surface area (Å²) in [5.41, 5.74) is 1.40. The predicted octanol–water partition coefficient (Wildman–Crippen LogP) is 3.36. The number of anilines is 1. The molecule has 0 saturated carbocycles. The molecule has 9 heteroatoms. The van der Waals surface area contributed by atoms with Crippen LogP contribution in [-0.4, -0.2) is 45.9 Å². The second-order valence-electron chi connectivity index (χ2n) is 5.79. The van der Waals surface area contributed by atoms with E-state index in [2.05, 4.69) is 5.32 Å². The molecule has 7 nitrogen and oxygen atoms in total. The molecule has 0 heterocycles. The number of hydrogen-bond donors (Lipinski definition) is 1. The van der Waals surface area contributed by atoms with Gasteiger partial charge in [0.25, 0.3) is 0 Å². The van der Waals surface area contributed by atoms with Crippen LogP contribution in [0.15, 0.2) is 48.5 Å². The largest absolute Gasteiger partial charge is 0.383 e. The number of urea groups is 1. The third kappa shape index (κ3) is 7.46. The highest BCUT2D eigenvalue weighted by molar-refractivity contribution is 7.86. The topological polar surface area (TPSA) is 84.9 Å². The number of rotatable bonds is 8. The Hall–Kier alpha value is -2.29. The van der Waals surface area contributed by atoms with E-state index in [9.17, 15) is 13.2 Å². The fourth-order valence-corrected chi connectivity index (χ4v) is 2.92. The van der Waals surface area contributed by atoms with Crippen LogP contribution in [0.2, 0.25) is 5.02 Å². The Morgan fingerprint density at radius 1 is 1.19 bits per heavy atom. The van der Waals surface area contributed by atoms with Gasteiger partial charge in [0.15, 0.2) is 0 Å². The SMILES string of the molecule is COCCN(Cc1ccc(OS(C)(=O)=O)cc1)C(=O)Nc1cccc(Cl)c1. The Balaban J connectivity index is 2.07. The predicted molar refractivity (Wildman–Crippen MR) is 105 cm³/mol. The van der Waals surface area contributed by atoms with Crippen LogP contribution in [0.3, 0.4) is 0 Å². The summed E-state index contributed by atoms with van der Waals surface area (Å²) >= 11 is 5.94. The van der Waals surface area contributed by atoms with Crippen molar-refractivity contribution in [1.29, 1.82) is 0 Å². The molecule has 0 aliphatic carbocycles. The van der Waals surface area contributed by atoms with Gasteiger partial charge in [0, 0.05) is 30.9 Å². The van der Waals surface area contributed by atoms with E-state index < -0.39 is 10.1 Å². The third-order valence-corrected chi connectivity index (χ3v) is 4.20. The minimum Gasteiger partial charge on any atom is -0.383 e. The summed E-state index contributed by atoms with van der Waals surface area (Å²) in [6, 6.07) is 13.1. The molecule has 0 aliphatic rings. The molecule has 0 saturated heterocycles. The van der Waals surface area contributed by atoms with Crippen molar-refractivity contribution in [2.45, 2.75) is 6.54 Å². The second-order valence-corrected chi connectivity index (χ2v) is 7.80. The van der Waals surface area contributed by atoms with Crippen LogP contribution in [0.25, 0.3) is 0 Å². The van der Waals surface area contributed by atoms with E-state index in [0.717, 1.165) is 11.8 Å². The molecule has 2 aromatic carbocycles. The molecule has 0 unspecified atom stereocenters. The lowest BCUT2D eigenvalue weighted by atomic mass is 10.2. The molecule has 0 fully saturated rings. The maximum atomic E-state index is 12.6. The second kappa shape index (κ2) is 9.59. The van der Waals surface area contributed by atoms with Gasteiger partial charge in [-0.15, -0.1) is 0 Å². The van der Waals surface area contributed by atoms with E-state index in [-0.39, 0.29) is 11.8 Å². The summed E-state index contributed by atoms with van der Waals surface area (Å²) in [4.78, 5) is 14.2. The monoisotopic (exact) mass is 412 g/mol. The van der Waals surface area contributed by atoms with Gasteiger partial charge >= 0.3 is 16.1 Å². The zero-order valence-corrected chi connectivity index (χ0v) is 16.6. The van der Waals surface area contributed by atoms with Gasteiger partial charge < -0.3 is 19.1 Å². The standard InChI is InChI=1S/C18H21ClN2O5S/c1-25-11-10-21(18(22)20-16-5-3-4-15(19)12-16)13-14-6-8-17(9-7-14)26-27(2,23)24/h3-9,12H,10-11,13H2,1-2H3,(H,20,22). The van der Waals surface area contributed by atoms with Crippen molar-refractivity contribution in [2.75, 3.05) is 31.8 Å². The zero-order valence-electron chi connectivity index (χ0n) is 15.0. The van der Waals surface area contributed by atoms with Crippen LogP contribution in [0.4, 0.5) is 10.5 Å². The number of amides is 2. The van der Waals surface area contributed by atoms with Crippen LogP contribution in [0.1, 0.15) is 5.56 Å². The van der Waals surface area contributed by atoms with E-state index in [1.807, 2.05) is 0 Å². The van der Waals surface area contributed by atoms with Gasteiger partial charge in [-0.25, -0.2) is 4.79 Å². The van der Waals surface area contributed by atoms with Gasteiger partial charge in [0.2, 0.25) is 0 Å². The molecule has 0 spiro atoms. The molecule has 0 atom stereocenters. The summed E-state index contributed by atoms with van der Waals surface area (Å²) in [6.45, 7) is 1.07. The van der Waals surface area contributed by atoms with Gasteiger partial charge in [0.05, 0.1) is 12.9 Å². The molecular weight excluding hydrogens is 392 g/mol. The van der Waals surface area contributed by atoms with Gasteiger partial charge in [-0.05, 0) is 35.9 Å². The summed E-state index contributed by atoms with van der Waals surface area (Å²) in [5.74, 6) is 0.216. The molecule has 1 N–H and O–H groups in total. The molecule has 27 heavy (non-hydrogen) atoms. The van der Waals surface area contributed by atoms with Gasteiger partial charge in [-0.2, -0.15) is 8.42 Å². The number of methoxy groups -OCH3 is 1. The van der Waals surface area contributed by atoms with E-state index in [1.54, 1.807) is 60.5 Å². The highest BCUT2D eigenvalue weighted by Crippen LogP contribution is 2.18. The summed E-state index contributed by atoms with van der Waals surface area (Å²) in [7, 11) is -2.02. The first-order chi connectivity index (χ1) is 12.8. The van der Waals surface area contributed by atoms with Crippen molar-refractivity contribution in [3.05, 3.63) is 59.1 Å². The number of halogens is 1. The Morgan fingerprint density at radius 3 is 2.48 bits per heavy atom. The molecular formula is C18H21ClN2O5S. The van der Waals surface area contributed by atoms with E-state index in [0.29, 0.717) is 30.4 Å². The van der Waals surface area contributed by atoms with Gasteiger partial charge in [0.1, 0.15) is 5.75 Å². The lowest BCUT2D eigenvalue weighted by Gasteiger charge is -2.23. The molecule has 2 rings (SSSR count). The molecule has 0 aromatic heterocycles. The summed E-state index contributed by atoms with van der Waals surface area (Å²) < 4.78 is 32.2. The van der Waals surface area contributed by atoms with Crippen molar-refractivity contribution in [3.63, 3.8) is 0 Å². The maximum Gasteiger partial charge on any atom is 0.322 e. The number of carbonyl (C=O) groups excluding carboxylic acids is 1. The highest BCUT2D eigenvalue weighted by Gasteiger charge is 2.15. The molecule has 2 aromatic rings. The summed E-state index contributed by atoms with van der Waals surface area (Å²) in [6.07, 6.45) is 0.980. The number of ether oxygens (including phenoxy) is 1.